The van der Waals surface area contributed by atoms with Crippen LogP contribution in [0.5, 0.6) is 0 Å². The van der Waals surface area contributed by atoms with Crippen LogP contribution in [0.25, 0.3) is 5.69 Å². The topological polar surface area (TPSA) is 56.7 Å². The summed E-state index contributed by atoms with van der Waals surface area (Å²) in [5.41, 5.74) is 7.59. The molecule has 1 aromatic heterocycles. The summed E-state index contributed by atoms with van der Waals surface area (Å²) < 4.78 is 2.80. The number of rotatable bonds is 3. The van der Waals surface area contributed by atoms with E-state index < -0.39 is 0 Å². The average Bonchev–Trinajstić information content (AvgIpc) is 2.72. The molecular formula is C12H15BrN4. The van der Waals surface area contributed by atoms with Crippen molar-refractivity contribution in [3.8, 4) is 5.69 Å². The van der Waals surface area contributed by atoms with E-state index in [1.165, 1.54) is 0 Å². The summed E-state index contributed by atoms with van der Waals surface area (Å²) in [6, 6.07) is 5.78. The number of aryl methyl sites for hydroxylation is 2. The fraction of sp³-hybridized carbons (Fsp3) is 0.333. The number of halogens is 1. The van der Waals surface area contributed by atoms with Gasteiger partial charge in [0.15, 0.2) is 5.82 Å². The minimum absolute atomic E-state index is 0.696. The Bertz CT molecular complexity index is 533. The lowest BCUT2D eigenvalue weighted by molar-refractivity contribution is 0.792. The van der Waals surface area contributed by atoms with Gasteiger partial charge in [0.1, 0.15) is 5.82 Å². The Morgan fingerprint density at radius 1 is 1.29 bits per heavy atom. The molecule has 0 radical (unpaired) electrons. The van der Waals surface area contributed by atoms with Gasteiger partial charge in [0.05, 0.1) is 11.4 Å². The molecule has 5 heteroatoms. The molecule has 2 rings (SSSR count). The number of anilines is 1. The molecule has 0 aliphatic heterocycles. The average molecular weight is 295 g/mol. The lowest BCUT2D eigenvalue weighted by atomic mass is 10.2. The van der Waals surface area contributed by atoms with Crippen LogP contribution in [0.1, 0.15) is 25.5 Å². The molecule has 0 saturated heterocycles. The second-order valence-electron chi connectivity index (χ2n) is 3.77. The van der Waals surface area contributed by atoms with Crippen LogP contribution in [0.3, 0.4) is 0 Å². The van der Waals surface area contributed by atoms with Gasteiger partial charge in [0.2, 0.25) is 0 Å². The predicted molar refractivity (Wildman–Crippen MR) is 72.2 cm³/mol. The molecule has 1 heterocycles. The number of benzene rings is 1. The molecule has 0 amide bonds. The zero-order valence-electron chi connectivity index (χ0n) is 9.94. The van der Waals surface area contributed by atoms with Crippen LogP contribution >= 0.6 is 15.9 Å². The zero-order valence-corrected chi connectivity index (χ0v) is 11.5. The molecule has 90 valence electrons. The van der Waals surface area contributed by atoms with Gasteiger partial charge in [-0.3, -0.25) is 0 Å². The maximum absolute atomic E-state index is 6.01. The summed E-state index contributed by atoms with van der Waals surface area (Å²) in [5.74, 6) is 1.79. The summed E-state index contributed by atoms with van der Waals surface area (Å²) >= 11 is 3.40. The first-order chi connectivity index (χ1) is 8.15. The number of nitrogen functional groups attached to an aromatic ring is 1. The van der Waals surface area contributed by atoms with E-state index in [0.29, 0.717) is 5.69 Å². The van der Waals surface area contributed by atoms with E-state index in [2.05, 4.69) is 32.9 Å². The van der Waals surface area contributed by atoms with Gasteiger partial charge in [-0.1, -0.05) is 29.8 Å². The SMILES string of the molecule is CCc1nc(CC)n(-c2ccc(Br)cc2N)n1. The predicted octanol–water partition coefficient (Wildman–Crippen LogP) is 2.74. The van der Waals surface area contributed by atoms with Gasteiger partial charge in [0.25, 0.3) is 0 Å². The van der Waals surface area contributed by atoms with Crippen molar-refractivity contribution in [1.29, 1.82) is 0 Å². The molecule has 0 spiro atoms. The van der Waals surface area contributed by atoms with Gasteiger partial charge in [-0.05, 0) is 18.2 Å². The number of nitrogens with two attached hydrogens (primary N) is 1. The second kappa shape index (κ2) is 4.87. The number of hydrogen-bond acceptors (Lipinski definition) is 3. The van der Waals surface area contributed by atoms with Crippen molar-refractivity contribution >= 4 is 21.6 Å². The molecule has 0 saturated carbocycles. The molecule has 0 aliphatic carbocycles. The standard InChI is InChI=1S/C12H15BrN4/c1-3-11-15-12(4-2)17(16-11)10-6-5-8(13)7-9(10)14/h5-7H,3-4,14H2,1-2H3. The smallest absolute Gasteiger partial charge is 0.151 e. The van der Waals surface area contributed by atoms with Crippen LogP contribution in [0.2, 0.25) is 0 Å². The van der Waals surface area contributed by atoms with Crippen molar-refractivity contribution in [1.82, 2.24) is 14.8 Å². The van der Waals surface area contributed by atoms with E-state index in [-0.39, 0.29) is 0 Å². The molecule has 0 unspecified atom stereocenters. The monoisotopic (exact) mass is 294 g/mol. The number of aromatic nitrogens is 3. The Kier molecular flexibility index (Phi) is 3.47. The molecule has 2 N–H and O–H groups in total. The fourth-order valence-electron chi connectivity index (χ4n) is 1.68. The highest BCUT2D eigenvalue weighted by Crippen LogP contribution is 2.22. The first kappa shape index (κ1) is 12.1. The van der Waals surface area contributed by atoms with Crippen molar-refractivity contribution in [2.75, 3.05) is 5.73 Å². The highest BCUT2D eigenvalue weighted by molar-refractivity contribution is 9.10. The van der Waals surface area contributed by atoms with Crippen molar-refractivity contribution in [2.45, 2.75) is 26.7 Å². The third kappa shape index (κ3) is 2.34. The van der Waals surface area contributed by atoms with Crippen molar-refractivity contribution in [3.63, 3.8) is 0 Å². The van der Waals surface area contributed by atoms with E-state index in [9.17, 15) is 0 Å². The third-order valence-corrected chi connectivity index (χ3v) is 3.06. The van der Waals surface area contributed by atoms with E-state index in [1.807, 2.05) is 29.8 Å². The van der Waals surface area contributed by atoms with Crippen molar-refractivity contribution in [3.05, 3.63) is 34.3 Å². The van der Waals surface area contributed by atoms with Gasteiger partial charge in [-0.25, -0.2) is 9.67 Å². The van der Waals surface area contributed by atoms with Crippen LogP contribution in [0, 0.1) is 0 Å². The van der Waals surface area contributed by atoms with Crippen molar-refractivity contribution in [2.24, 2.45) is 0 Å². The summed E-state index contributed by atoms with van der Waals surface area (Å²) in [7, 11) is 0. The van der Waals surface area contributed by atoms with Gasteiger partial charge < -0.3 is 5.73 Å². The molecule has 0 fully saturated rings. The second-order valence-corrected chi connectivity index (χ2v) is 4.68. The normalized spacial score (nSPS) is 10.8. The molecule has 0 aliphatic rings. The summed E-state index contributed by atoms with van der Waals surface area (Å²) in [6.45, 7) is 4.11. The Balaban J connectivity index is 2.55. The molecule has 2 aromatic rings. The van der Waals surface area contributed by atoms with Crippen LogP contribution in [-0.2, 0) is 12.8 Å². The maximum atomic E-state index is 6.01. The molecule has 17 heavy (non-hydrogen) atoms. The highest BCUT2D eigenvalue weighted by Gasteiger charge is 2.11. The lowest BCUT2D eigenvalue weighted by Crippen LogP contribution is -2.05. The summed E-state index contributed by atoms with van der Waals surface area (Å²) in [5, 5.41) is 4.47. The van der Waals surface area contributed by atoms with Crippen LogP contribution in [-0.4, -0.2) is 14.8 Å². The van der Waals surface area contributed by atoms with Gasteiger partial charge in [-0.2, -0.15) is 5.10 Å². The first-order valence-corrected chi connectivity index (χ1v) is 6.45. The van der Waals surface area contributed by atoms with E-state index in [0.717, 1.165) is 34.7 Å². The van der Waals surface area contributed by atoms with Crippen LogP contribution in [0.15, 0.2) is 22.7 Å². The van der Waals surface area contributed by atoms with E-state index >= 15 is 0 Å². The Morgan fingerprint density at radius 3 is 2.65 bits per heavy atom. The fourth-order valence-corrected chi connectivity index (χ4v) is 2.06. The molecule has 0 atom stereocenters. The lowest BCUT2D eigenvalue weighted by Gasteiger charge is -2.07. The highest BCUT2D eigenvalue weighted by atomic mass is 79.9. The molecule has 4 nitrogen and oxygen atoms in total. The Labute approximate surface area is 109 Å². The third-order valence-electron chi connectivity index (χ3n) is 2.57. The zero-order chi connectivity index (χ0) is 12.4. The quantitative estimate of drug-likeness (QED) is 0.886. The van der Waals surface area contributed by atoms with Gasteiger partial charge in [-0.15, -0.1) is 0 Å². The van der Waals surface area contributed by atoms with Crippen LogP contribution < -0.4 is 5.73 Å². The Morgan fingerprint density at radius 2 is 2.06 bits per heavy atom. The molecular weight excluding hydrogens is 280 g/mol. The van der Waals surface area contributed by atoms with Gasteiger partial charge >= 0.3 is 0 Å². The van der Waals surface area contributed by atoms with Gasteiger partial charge in [0, 0.05) is 17.3 Å². The molecule has 1 aromatic carbocycles. The number of nitrogens with zero attached hydrogens (tertiary/aromatic N) is 3. The summed E-state index contributed by atoms with van der Waals surface area (Å²) in [6.07, 6.45) is 1.67. The maximum Gasteiger partial charge on any atom is 0.151 e. The van der Waals surface area contributed by atoms with Crippen LogP contribution in [0.4, 0.5) is 5.69 Å². The first-order valence-electron chi connectivity index (χ1n) is 5.66. The largest absolute Gasteiger partial charge is 0.397 e. The van der Waals surface area contributed by atoms with Crippen molar-refractivity contribution < 1.29 is 0 Å². The van der Waals surface area contributed by atoms with E-state index in [1.54, 1.807) is 0 Å². The summed E-state index contributed by atoms with van der Waals surface area (Å²) in [4.78, 5) is 4.47. The van der Waals surface area contributed by atoms with E-state index in [4.69, 9.17) is 5.73 Å². The minimum Gasteiger partial charge on any atom is -0.397 e. The Hall–Kier alpha value is -1.36. The number of hydrogen-bond donors (Lipinski definition) is 1. The molecule has 0 bridgehead atoms. The minimum atomic E-state index is 0.696.